The normalized spacial score (nSPS) is 12.2. The van der Waals surface area contributed by atoms with Crippen molar-refractivity contribution in [2.45, 2.75) is 19.5 Å². The van der Waals surface area contributed by atoms with E-state index < -0.39 is 0 Å². The van der Waals surface area contributed by atoms with Gasteiger partial charge in [0.25, 0.3) is 0 Å². The van der Waals surface area contributed by atoms with Crippen LogP contribution in [0.15, 0.2) is 64.1 Å². The van der Waals surface area contributed by atoms with Crippen molar-refractivity contribution >= 4 is 45.9 Å². The molecule has 2 aromatic rings. The summed E-state index contributed by atoms with van der Waals surface area (Å²) in [5, 5.41) is 6.72. The summed E-state index contributed by atoms with van der Waals surface area (Å²) in [5.41, 5.74) is 2.46. The quantitative estimate of drug-likeness (QED) is 0.390. The maximum absolute atomic E-state index is 4.27. The molecule has 0 fully saturated rings. The number of guanidine groups is 1. The van der Waals surface area contributed by atoms with Gasteiger partial charge in [0.1, 0.15) is 0 Å². The van der Waals surface area contributed by atoms with E-state index in [2.05, 4.69) is 62.7 Å². The first-order chi connectivity index (χ1) is 10.2. The van der Waals surface area contributed by atoms with Crippen LogP contribution in [0.1, 0.15) is 24.1 Å². The molecule has 0 aliphatic carbocycles. The molecule has 1 unspecified atom stereocenters. The highest BCUT2D eigenvalue weighted by Crippen LogP contribution is 2.12. The van der Waals surface area contributed by atoms with Gasteiger partial charge in [-0.05, 0) is 30.2 Å². The van der Waals surface area contributed by atoms with Gasteiger partial charge in [-0.15, -0.1) is 24.0 Å². The summed E-state index contributed by atoms with van der Waals surface area (Å²) in [4.78, 5) is 4.27. The molecule has 0 aliphatic heterocycles. The zero-order chi connectivity index (χ0) is 15.1. The fourth-order valence-electron chi connectivity index (χ4n) is 2.01. The highest BCUT2D eigenvalue weighted by molar-refractivity contribution is 14.0. The van der Waals surface area contributed by atoms with Crippen molar-refractivity contribution in [1.82, 2.24) is 10.6 Å². The molecule has 2 rings (SSSR count). The van der Waals surface area contributed by atoms with Crippen molar-refractivity contribution < 1.29 is 0 Å². The van der Waals surface area contributed by atoms with Gasteiger partial charge in [-0.2, -0.15) is 0 Å². The van der Waals surface area contributed by atoms with Crippen LogP contribution >= 0.6 is 39.9 Å². The van der Waals surface area contributed by atoms with Gasteiger partial charge in [-0.25, -0.2) is 0 Å². The van der Waals surface area contributed by atoms with Crippen LogP contribution in [-0.4, -0.2) is 13.0 Å². The average molecular weight is 474 g/mol. The SMILES string of the molecule is CN=C(NCc1ccc(Br)cc1)NC(C)c1ccccc1.I. The number of nitrogens with zero attached hydrogens (tertiary/aromatic N) is 1. The van der Waals surface area contributed by atoms with Crippen LogP contribution in [0.3, 0.4) is 0 Å². The number of benzene rings is 2. The minimum Gasteiger partial charge on any atom is -0.352 e. The van der Waals surface area contributed by atoms with Crippen molar-refractivity contribution in [3.8, 4) is 0 Å². The van der Waals surface area contributed by atoms with Gasteiger partial charge >= 0.3 is 0 Å². The zero-order valence-electron chi connectivity index (χ0n) is 12.7. The minimum atomic E-state index is 0. The summed E-state index contributed by atoms with van der Waals surface area (Å²) < 4.78 is 1.09. The van der Waals surface area contributed by atoms with Crippen molar-refractivity contribution in [3.63, 3.8) is 0 Å². The van der Waals surface area contributed by atoms with Gasteiger partial charge in [0.05, 0.1) is 6.04 Å². The largest absolute Gasteiger partial charge is 0.352 e. The molecule has 0 aromatic heterocycles. The second-order valence-corrected chi connectivity index (χ2v) is 5.74. The molecule has 22 heavy (non-hydrogen) atoms. The fourth-order valence-corrected chi connectivity index (χ4v) is 2.28. The summed E-state index contributed by atoms with van der Waals surface area (Å²) in [7, 11) is 1.79. The van der Waals surface area contributed by atoms with Gasteiger partial charge in [0.15, 0.2) is 5.96 Å². The topological polar surface area (TPSA) is 36.4 Å². The highest BCUT2D eigenvalue weighted by atomic mass is 127. The van der Waals surface area contributed by atoms with E-state index in [4.69, 9.17) is 0 Å². The van der Waals surface area contributed by atoms with E-state index in [1.165, 1.54) is 11.1 Å². The van der Waals surface area contributed by atoms with Crippen molar-refractivity contribution in [2.75, 3.05) is 7.05 Å². The molecule has 1 atom stereocenters. The van der Waals surface area contributed by atoms with Crippen molar-refractivity contribution in [3.05, 3.63) is 70.2 Å². The van der Waals surface area contributed by atoms with Crippen molar-refractivity contribution in [2.24, 2.45) is 4.99 Å². The molecular weight excluding hydrogens is 453 g/mol. The van der Waals surface area contributed by atoms with E-state index in [9.17, 15) is 0 Å². The standard InChI is InChI=1S/C17H20BrN3.HI/c1-13(15-6-4-3-5-7-15)21-17(19-2)20-12-14-8-10-16(18)11-9-14;/h3-11,13H,12H2,1-2H3,(H2,19,20,21);1H. The van der Waals surface area contributed by atoms with Crippen LogP contribution in [-0.2, 0) is 6.54 Å². The van der Waals surface area contributed by atoms with E-state index in [1.807, 2.05) is 30.3 Å². The summed E-state index contributed by atoms with van der Waals surface area (Å²) in [6.45, 7) is 2.87. The van der Waals surface area contributed by atoms with Gasteiger partial charge in [-0.1, -0.05) is 58.4 Å². The van der Waals surface area contributed by atoms with Gasteiger partial charge in [0, 0.05) is 18.1 Å². The molecule has 5 heteroatoms. The third kappa shape index (κ3) is 5.96. The average Bonchev–Trinajstić information content (AvgIpc) is 2.53. The maximum atomic E-state index is 4.27. The Bertz CT molecular complexity index is 585. The molecule has 2 N–H and O–H groups in total. The zero-order valence-corrected chi connectivity index (χ0v) is 16.6. The maximum Gasteiger partial charge on any atom is 0.191 e. The summed E-state index contributed by atoms with van der Waals surface area (Å²) in [5.74, 6) is 0.800. The molecule has 0 spiro atoms. The number of rotatable bonds is 4. The number of halogens is 2. The molecule has 0 heterocycles. The van der Waals surface area contributed by atoms with Crippen LogP contribution in [0.5, 0.6) is 0 Å². The smallest absolute Gasteiger partial charge is 0.191 e. The minimum absolute atomic E-state index is 0. The molecule has 118 valence electrons. The lowest BCUT2D eigenvalue weighted by Gasteiger charge is -2.18. The highest BCUT2D eigenvalue weighted by Gasteiger charge is 2.06. The third-order valence-electron chi connectivity index (χ3n) is 3.25. The van der Waals surface area contributed by atoms with Crippen LogP contribution < -0.4 is 10.6 Å². The van der Waals surface area contributed by atoms with Crippen LogP contribution in [0.2, 0.25) is 0 Å². The second-order valence-electron chi connectivity index (χ2n) is 4.83. The lowest BCUT2D eigenvalue weighted by atomic mass is 10.1. The molecule has 0 amide bonds. The van der Waals surface area contributed by atoms with E-state index in [-0.39, 0.29) is 30.0 Å². The summed E-state index contributed by atoms with van der Waals surface area (Å²) in [6, 6.07) is 18.8. The van der Waals surface area contributed by atoms with Gasteiger partial charge < -0.3 is 10.6 Å². The Balaban J connectivity index is 0.00000242. The Morgan fingerprint density at radius 3 is 2.32 bits per heavy atom. The van der Waals surface area contributed by atoms with E-state index in [0.717, 1.165) is 17.0 Å². The summed E-state index contributed by atoms with van der Waals surface area (Å²) >= 11 is 3.44. The first-order valence-electron chi connectivity index (χ1n) is 6.95. The van der Waals surface area contributed by atoms with Crippen molar-refractivity contribution in [1.29, 1.82) is 0 Å². The Labute approximate surface area is 157 Å². The Hall–Kier alpha value is -1.08. The third-order valence-corrected chi connectivity index (χ3v) is 3.78. The summed E-state index contributed by atoms with van der Waals surface area (Å²) in [6.07, 6.45) is 0. The number of nitrogens with one attached hydrogen (secondary N) is 2. The van der Waals surface area contributed by atoms with E-state index >= 15 is 0 Å². The molecular formula is C17H21BrIN3. The molecule has 3 nitrogen and oxygen atoms in total. The molecule has 0 saturated carbocycles. The lowest BCUT2D eigenvalue weighted by Crippen LogP contribution is -2.38. The van der Waals surface area contributed by atoms with Gasteiger partial charge in [0.2, 0.25) is 0 Å². The molecule has 2 aromatic carbocycles. The number of hydrogen-bond donors (Lipinski definition) is 2. The molecule has 0 saturated heterocycles. The second kappa shape index (κ2) is 9.84. The van der Waals surface area contributed by atoms with E-state index in [0.29, 0.717) is 0 Å². The first-order valence-corrected chi connectivity index (χ1v) is 7.75. The number of aliphatic imine (C=N–C) groups is 1. The fraction of sp³-hybridized carbons (Fsp3) is 0.235. The Morgan fingerprint density at radius 2 is 1.73 bits per heavy atom. The van der Waals surface area contributed by atoms with Crippen LogP contribution in [0.4, 0.5) is 0 Å². The predicted octanol–water partition coefficient (Wildman–Crippen LogP) is 4.49. The molecule has 0 bridgehead atoms. The number of hydrogen-bond acceptors (Lipinski definition) is 1. The Morgan fingerprint density at radius 1 is 1.09 bits per heavy atom. The predicted molar refractivity (Wildman–Crippen MR) is 108 cm³/mol. The van der Waals surface area contributed by atoms with Crippen LogP contribution in [0.25, 0.3) is 0 Å². The Kier molecular flexibility index (Phi) is 8.48. The molecule has 0 radical (unpaired) electrons. The lowest BCUT2D eigenvalue weighted by molar-refractivity contribution is 0.685. The molecule has 0 aliphatic rings. The van der Waals surface area contributed by atoms with E-state index in [1.54, 1.807) is 7.05 Å². The van der Waals surface area contributed by atoms with Gasteiger partial charge in [-0.3, -0.25) is 4.99 Å². The first kappa shape index (κ1) is 19.0. The monoisotopic (exact) mass is 473 g/mol. The van der Waals surface area contributed by atoms with Crippen LogP contribution in [0, 0.1) is 0 Å².